The molecule has 2 N–H and O–H groups in total. The van der Waals surface area contributed by atoms with E-state index in [1.807, 2.05) is 6.92 Å². The second-order valence-corrected chi connectivity index (χ2v) is 6.15. The molecule has 0 unspecified atom stereocenters. The van der Waals surface area contributed by atoms with Crippen molar-refractivity contribution in [3.8, 4) is 0 Å². The predicted molar refractivity (Wildman–Crippen MR) is 76.3 cm³/mol. The number of nitrogens with zero attached hydrogens (tertiary/aromatic N) is 2. The number of hydrogen-bond acceptors (Lipinski definition) is 7. The Hall–Kier alpha value is -1.48. The maximum absolute atomic E-state index is 12.6. The first-order valence-electron chi connectivity index (χ1n) is 6.83. The first-order valence-corrected chi connectivity index (χ1v) is 7.71. The molecule has 2 amide bonds. The van der Waals surface area contributed by atoms with Gasteiger partial charge in [0.2, 0.25) is 0 Å². The van der Waals surface area contributed by atoms with E-state index in [1.54, 1.807) is 12.3 Å². The summed E-state index contributed by atoms with van der Waals surface area (Å²) in [6.45, 7) is 4.66. The summed E-state index contributed by atoms with van der Waals surface area (Å²) in [5, 5.41) is 3.34. The van der Waals surface area contributed by atoms with Crippen LogP contribution in [0.15, 0.2) is 5.38 Å². The first-order chi connectivity index (χ1) is 9.98. The van der Waals surface area contributed by atoms with E-state index in [0.29, 0.717) is 35.7 Å². The molecule has 1 fully saturated rings. The highest BCUT2D eigenvalue weighted by molar-refractivity contribution is 7.14. The number of carbonyl (C=O) groups is 2. The molecule has 0 spiro atoms. The van der Waals surface area contributed by atoms with Crippen LogP contribution in [-0.2, 0) is 9.68 Å². The lowest BCUT2D eigenvalue weighted by atomic mass is 10.1. The Labute approximate surface area is 126 Å². The SMILES string of the molecule is CCCN1OCC[C@@](C)(N2C(=O)c3csc(N)c3C2=O)O1. The molecule has 3 heterocycles. The van der Waals surface area contributed by atoms with Crippen molar-refractivity contribution in [2.24, 2.45) is 0 Å². The second kappa shape index (κ2) is 5.06. The number of anilines is 1. The largest absolute Gasteiger partial charge is 0.390 e. The van der Waals surface area contributed by atoms with Gasteiger partial charge in [0, 0.05) is 11.8 Å². The van der Waals surface area contributed by atoms with Crippen molar-refractivity contribution in [1.29, 1.82) is 0 Å². The Bertz CT molecular complexity index is 600. The molecule has 21 heavy (non-hydrogen) atoms. The van der Waals surface area contributed by atoms with Gasteiger partial charge < -0.3 is 5.73 Å². The van der Waals surface area contributed by atoms with Crippen LogP contribution in [-0.4, -0.2) is 40.8 Å². The van der Waals surface area contributed by atoms with Crippen molar-refractivity contribution in [3.63, 3.8) is 0 Å². The normalized spacial score (nSPS) is 26.5. The summed E-state index contributed by atoms with van der Waals surface area (Å²) in [4.78, 5) is 37.3. The van der Waals surface area contributed by atoms with Gasteiger partial charge in [-0.05, 0) is 13.3 Å². The summed E-state index contributed by atoms with van der Waals surface area (Å²) >= 11 is 1.20. The zero-order valence-electron chi connectivity index (χ0n) is 11.9. The average Bonchev–Trinajstić information content (AvgIpc) is 2.91. The van der Waals surface area contributed by atoms with Crippen molar-refractivity contribution in [1.82, 2.24) is 10.1 Å². The van der Waals surface area contributed by atoms with Crippen LogP contribution in [0.2, 0.25) is 0 Å². The molecule has 0 aliphatic carbocycles. The summed E-state index contributed by atoms with van der Waals surface area (Å²) in [5.74, 6) is -0.751. The number of imide groups is 1. The number of nitrogen functional groups attached to an aromatic ring is 1. The standard InChI is InChI=1S/C13H17N3O4S/c1-3-5-15-19-6-4-13(2,20-15)16-11(17)8-7-21-10(14)9(8)12(16)18/h7H,3-6,14H2,1-2H3/t13-/m0/s1. The van der Waals surface area contributed by atoms with Crippen LogP contribution < -0.4 is 5.73 Å². The van der Waals surface area contributed by atoms with Crippen molar-refractivity contribution in [3.05, 3.63) is 16.5 Å². The van der Waals surface area contributed by atoms with Crippen LogP contribution in [0, 0.1) is 0 Å². The molecule has 2 aliphatic heterocycles. The first kappa shape index (κ1) is 14.5. The molecule has 7 nitrogen and oxygen atoms in total. The van der Waals surface area contributed by atoms with Gasteiger partial charge >= 0.3 is 0 Å². The van der Waals surface area contributed by atoms with Crippen LogP contribution in [0.1, 0.15) is 47.4 Å². The van der Waals surface area contributed by atoms with Gasteiger partial charge in [-0.25, -0.2) is 9.74 Å². The van der Waals surface area contributed by atoms with Gasteiger partial charge in [-0.15, -0.1) is 11.3 Å². The molecular weight excluding hydrogens is 294 g/mol. The van der Waals surface area contributed by atoms with E-state index >= 15 is 0 Å². The van der Waals surface area contributed by atoms with Gasteiger partial charge in [0.25, 0.3) is 11.8 Å². The molecule has 1 aromatic heterocycles. The lowest BCUT2D eigenvalue weighted by Crippen LogP contribution is -2.58. The molecule has 0 bridgehead atoms. The predicted octanol–water partition coefficient (Wildman–Crippen LogP) is 1.62. The van der Waals surface area contributed by atoms with Gasteiger partial charge in [0.05, 0.1) is 29.3 Å². The van der Waals surface area contributed by atoms with Crippen LogP contribution in [0.5, 0.6) is 0 Å². The van der Waals surface area contributed by atoms with Crippen molar-refractivity contribution in [2.75, 3.05) is 18.9 Å². The summed E-state index contributed by atoms with van der Waals surface area (Å²) in [5.41, 5.74) is 5.40. The highest BCUT2D eigenvalue weighted by atomic mass is 32.1. The van der Waals surface area contributed by atoms with Crippen molar-refractivity contribution < 1.29 is 19.3 Å². The van der Waals surface area contributed by atoms with E-state index in [4.69, 9.17) is 15.4 Å². The number of hydroxylamine groups is 2. The number of nitrogens with two attached hydrogens (primary N) is 1. The third kappa shape index (κ3) is 2.15. The molecular formula is C13H17N3O4S. The van der Waals surface area contributed by atoms with E-state index in [2.05, 4.69) is 0 Å². The molecule has 114 valence electrons. The molecule has 3 rings (SSSR count). The molecule has 8 heteroatoms. The Morgan fingerprint density at radius 3 is 2.86 bits per heavy atom. The molecule has 1 atom stereocenters. The van der Waals surface area contributed by atoms with Crippen LogP contribution in [0.3, 0.4) is 0 Å². The highest BCUT2D eigenvalue weighted by Gasteiger charge is 2.51. The van der Waals surface area contributed by atoms with Crippen molar-refractivity contribution in [2.45, 2.75) is 32.4 Å². The Balaban J connectivity index is 1.90. The van der Waals surface area contributed by atoms with Gasteiger partial charge in [0.1, 0.15) is 0 Å². The van der Waals surface area contributed by atoms with Crippen molar-refractivity contribution >= 4 is 28.2 Å². The molecule has 2 aliphatic rings. The van der Waals surface area contributed by atoms with E-state index in [0.717, 1.165) is 11.3 Å². The smallest absolute Gasteiger partial charge is 0.266 e. The minimum absolute atomic E-state index is 0.295. The van der Waals surface area contributed by atoms with Gasteiger partial charge in [-0.1, -0.05) is 12.2 Å². The third-order valence-corrected chi connectivity index (χ3v) is 4.46. The number of hydrogen-bond donors (Lipinski definition) is 1. The quantitative estimate of drug-likeness (QED) is 0.854. The van der Waals surface area contributed by atoms with Crippen LogP contribution in [0.25, 0.3) is 0 Å². The lowest BCUT2D eigenvalue weighted by molar-refractivity contribution is -0.451. The minimum Gasteiger partial charge on any atom is -0.390 e. The molecule has 0 saturated carbocycles. The molecule has 0 radical (unpaired) electrons. The van der Waals surface area contributed by atoms with E-state index < -0.39 is 11.6 Å². The van der Waals surface area contributed by atoms with Gasteiger partial charge in [-0.2, -0.15) is 0 Å². The molecule has 1 saturated heterocycles. The number of rotatable bonds is 3. The maximum atomic E-state index is 12.6. The Morgan fingerprint density at radius 1 is 1.43 bits per heavy atom. The van der Waals surface area contributed by atoms with Gasteiger partial charge in [-0.3, -0.25) is 14.4 Å². The number of carbonyl (C=O) groups excluding carboxylic acids is 2. The van der Waals surface area contributed by atoms with Gasteiger partial charge in [0.15, 0.2) is 5.72 Å². The van der Waals surface area contributed by atoms with E-state index in [9.17, 15) is 9.59 Å². The lowest BCUT2D eigenvalue weighted by Gasteiger charge is -2.43. The maximum Gasteiger partial charge on any atom is 0.266 e. The monoisotopic (exact) mass is 311 g/mol. The number of thiophene rings is 1. The fraction of sp³-hybridized carbons (Fsp3) is 0.538. The third-order valence-electron chi connectivity index (χ3n) is 3.65. The summed E-state index contributed by atoms with van der Waals surface area (Å²) < 4.78 is 0. The zero-order valence-corrected chi connectivity index (χ0v) is 12.7. The number of fused-ring (bicyclic) bond motifs is 1. The summed E-state index contributed by atoms with van der Waals surface area (Å²) in [7, 11) is 0. The molecule has 0 aromatic carbocycles. The Kier molecular flexibility index (Phi) is 3.48. The topological polar surface area (TPSA) is 85.1 Å². The second-order valence-electron chi connectivity index (χ2n) is 5.24. The zero-order chi connectivity index (χ0) is 15.2. The minimum atomic E-state index is -1.05. The highest BCUT2D eigenvalue weighted by Crippen LogP contribution is 2.39. The van der Waals surface area contributed by atoms with Crippen LogP contribution >= 0.6 is 11.3 Å². The average molecular weight is 311 g/mol. The Morgan fingerprint density at radius 2 is 2.19 bits per heavy atom. The fourth-order valence-electron chi connectivity index (χ4n) is 2.58. The van der Waals surface area contributed by atoms with E-state index in [-0.39, 0.29) is 5.91 Å². The summed E-state index contributed by atoms with van der Waals surface area (Å²) in [6.07, 6.45) is 1.25. The molecule has 1 aromatic rings. The van der Waals surface area contributed by atoms with Crippen LogP contribution in [0.4, 0.5) is 5.00 Å². The van der Waals surface area contributed by atoms with E-state index in [1.165, 1.54) is 16.6 Å². The number of amides is 2. The fourth-order valence-corrected chi connectivity index (χ4v) is 3.36. The summed E-state index contributed by atoms with van der Waals surface area (Å²) in [6, 6.07) is 0.